The first-order valence-corrected chi connectivity index (χ1v) is 9.00. The van der Waals surface area contributed by atoms with Crippen LogP contribution in [0.1, 0.15) is 32.1 Å². The van der Waals surface area contributed by atoms with E-state index in [9.17, 15) is 5.11 Å². The summed E-state index contributed by atoms with van der Waals surface area (Å²) in [5.74, 6) is 0. The second kappa shape index (κ2) is 9.79. The molecule has 1 aliphatic rings. The summed E-state index contributed by atoms with van der Waals surface area (Å²) < 4.78 is 1.38. The number of aliphatic hydroxyl groups is 1. The van der Waals surface area contributed by atoms with Crippen molar-refractivity contribution in [3.05, 3.63) is 30.3 Å². The summed E-state index contributed by atoms with van der Waals surface area (Å²) in [4.78, 5) is 0. The van der Waals surface area contributed by atoms with Gasteiger partial charge in [-0.3, -0.25) is 0 Å². The molecular weight excluding hydrogens is 325 g/mol. The van der Waals surface area contributed by atoms with Crippen molar-refractivity contribution in [2.75, 3.05) is 6.54 Å². The molecular formula is C15H24ClNOSe. The maximum absolute atomic E-state index is 9.99. The molecule has 2 N–H and O–H groups in total. The molecule has 2 rings (SSSR count). The summed E-state index contributed by atoms with van der Waals surface area (Å²) in [5, 5.41) is 14.4. The van der Waals surface area contributed by atoms with Gasteiger partial charge in [-0.15, -0.1) is 12.4 Å². The Kier molecular flexibility index (Phi) is 8.76. The number of benzene rings is 1. The normalized spacial score (nSPS) is 17.7. The van der Waals surface area contributed by atoms with E-state index in [-0.39, 0.29) is 18.5 Å². The van der Waals surface area contributed by atoms with Crippen LogP contribution in [0.25, 0.3) is 0 Å². The molecule has 19 heavy (non-hydrogen) atoms. The van der Waals surface area contributed by atoms with Crippen LogP contribution in [-0.4, -0.2) is 38.8 Å². The fraction of sp³-hybridized carbons (Fsp3) is 0.600. The van der Waals surface area contributed by atoms with Gasteiger partial charge in [0.25, 0.3) is 0 Å². The first-order chi connectivity index (χ1) is 8.84. The summed E-state index contributed by atoms with van der Waals surface area (Å²) in [5.41, 5.74) is 0. The van der Waals surface area contributed by atoms with Crippen molar-refractivity contribution in [2.24, 2.45) is 0 Å². The Morgan fingerprint density at radius 2 is 1.84 bits per heavy atom. The first kappa shape index (κ1) is 17.0. The number of rotatable bonds is 6. The quantitative estimate of drug-likeness (QED) is 0.772. The summed E-state index contributed by atoms with van der Waals surface area (Å²) in [6, 6.07) is 11.1. The van der Waals surface area contributed by atoms with Crippen molar-refractivity contribution in [2.45, 2.75) is 49.6 Å². The third kappa shape index (κ3) is 6.78. The Balaban J connectivity index is 0.00000180. The van der Waals surface area contributed by atoms with Crippen LogP contribution in [0.2, 0.25) is 5.32 Å². The van der Waals surface area contributed by atoms with Crippen molar-refractivity contribution in [3.8, 4) is 0 Å². The van der Waals surface area contributed by atoms with Gasteiger partial charge in [-0.2, -0.15) is 0 Å². The molecule has 1 unspecified atom stereocenters. The summed E-state index contributed by atoms with van der Waals surface area (Å²) >= 11 is 0.398. The van der Waals surface area contributed by atoms with E-state index in [4.69, 9.17) is 0 Å². The van der Waals surface area contributed by atoms with Gasteiger partial charge in [-0.1, -0.05) is 0 Å². The summed E-state index contributed by atoms with van der Waals surface area (Å²) in [6.45, 7) is 0.763. The van der Waals surface area contributed by atoms with E-state index in [0.29, 0.717) is 21.0 Å². The summed E-state index contributed by atoms with van der Waals surface area (Å²) in [6.07, 6.45) is 6.47. The van der Waals surface area contributed by atoms with Gasteiger partial charge in [-0.05, 0) is 0 Å². The van der Waals surface area contributed by atoms with E-state index in [0.717, 1.165) is 11.9 Å². The SMILES string of the molecule is Cl.OC(CNC1CCCCC1)C[Se]c1ccccc1. The van der Waals surface area contributed by atoms with Gasteiger partial charge >= 0.3 is 116 Å². The summed E-state index contributed by atoms with van der Waals surface area (Å²) in [7, 11) is 0. The molecule has 1 aromatic rings. The Morgan fingerprint density at radius 1 is 1.16 bits per heavy atom. The van der Waals surface area contributed by atoms with Crippen molar-refractivity contribution in [1.29, 1.82) is 0 Å². The van der Waals surface area contributed by atoms with E-state index in [1.807, 2.05) is 6.07 Å². The van der Waals surface area contributed by atoms with Crippen molar-refractivity contribution >= 4 is 31.8 Å². The van der Waals surface area contributed by atoms with Crippen molar-refractivity contribution in [1.82, 2.24) is 5.32 Å². The Bertz CT molecular complexity index is 330. The zero-order chi connectivity index (χ0) is 12.6. The monoisotopic (exact) mass is 349 g/mol. The van der Waals surface area contributed by atoms with Gasteiger partial charge in [0.2, 0.25) is 0 Å². The van der Waals surface area contributed by atoms with Crippen molar-refractivity contribution < 1.29 is 5.11 Å². The van der Waals surface area contributed by atoms with E-state index < -0.39 is 0 Å². The molecule has 4 heteroatoms. The van der Waals surface area contributed by atoms with Crippen molar-refractivity contribution in [3.63, 3.8) is 0 Å². The maximum atomic E-state index is 9.99. The van der Waals surface area contributed by atoms with Gasteiger partial charge in [0, 0.05) is 0 Å². The molecule has 0 aromatic heterocycles. The van der Waals surface area contributed by atoms with Gasteiger partial charge in [0.05, 0.1) is 0 Å². The minimum absolute atomic E-state index is 0. The van der Waals surface area contributed by atoms with Crippen LogP contribution in [-0.2, 0) is 0 Å². The average molecular weight is 349 g/mol. The zero-order valence-corrected chi connectivity index (χ0v) is 13.8. The first-order valence-electron chi connectivity index (χ1n) is 6.94. The molecule has 0 bridgehead atoms. The molecule has 0 heterocycles. The molecule has 0 saturated heterocycles. The number of aliphatic hydroxyl groups excluding tert-OH is 1. The van der Waals surface area contributed by atoms with Crippen LogP contribution in [0.5, 0.6) is 0 Å². The Labute approximate surface area is 128 Å². The standard InChI is InChI=1S/C15H23NOSe.ClH/c17-14(11-16-13-7-3-1-4-8-13)12-18-15-9-5-2-6-10-15;/h2,5-6,9-10,13-14,16-17H,1,3-4,7-8,11-12H2;1H. The third-order valence-corrected chi connectivity index (χ3v) is 5.86. The molecule has 2 nitrogen and oxygen atoms in total. The topological polar surface area (TPSA) is 32.3 Å². The predicted octanol–water partition coefficient (Wildman–Crippen LogP) is 2.14. The average Bonchev–Trinajstić information content (AvgIpc) is 2.45. The number of nitrogens with one attached hydrogen (secondary N) is 1. The van der Waals surface area contributed by atoms with E-state index >= 15 is 0 Å². The second-order valence-corrected chi connectivity index (χ2v) is 7.32. The molecule has 1 saturated carbocycles. The zero-order valence-electron chi connectivity index (χ0n) is 11.3. The molecule has 0 radical (unpaired) electrons. The van der Waals surface area contributed by atoms with Crippen LogP contribution in [0, 0.1) is 0 Å². The molecule has 0 aliphatic heterocycles. The van der Waals surface area contributed by atoms with E-state index in [1.165, 1.54) is 36.6 Å². The molecule has 1 atom stereocenters. The van der Waals surface area contributed by atoms with Gasteiger partial charge in [0.15, 0.2) is 0 Å². The second-order valence-electron chi connectivity index (χ2n) is 5.02. The molecule has 1 aliphatic carbocycles. The number of hydrogen-bond acceptors (Lipinski definition) is 2. The number of hydrogen-bond donors (Lipinski definition) is 2. The Morgan fingerprint density at radius 3 is 2.53 bits per heavy atom. The van der Waals surface area contributed by atoms with Crippen LogP contribution >= 0.6 is 12.4 Å². The third-order valence-electron chi connectivity index (χ3n) is 3.43. The van der Waals surface area contributed by atoms with Gasteiger partial charge in [0.1, 0.15) is 0 Å². The molecule has 0 amide bonds. The Hall–Kier alpha value is -0.0505. The van der Waals surface area contributed by atoms with Crippen LogP contribution < -0.4 is 9.78 Å². The van der Waals surface area contributed by atoms with E-state index in [2.05, 4.69) is 29.6 Å². The number of halogens is 1. The van der Waals surface area contributed by atoms with Crippen LogP contribution in [0.4, 0.5) is 0 Å². The fourth-order valence-electron chi connectivity index (χ4n) is 2.38. The fourth-order valence-corrected chi connectivity index (χ4v) is 4.17. The van der Waals surface area contributed by atoms with Gasteiger partial charge in [-0.25, -0.2) is 0 Å². The minimum atomic E-state index is -0.188. The van der Waals surface area contributed by atoms with Gasteiger partial charge < -0.3 is 0 Å². The molecule has 0 spiro atoms. The molecule has 1 fully saturated rings. The van der Waals surface area contributed by atoms with Crippen LogP contribution in [0.3, 0.4) is 0 Å². The predicted molar refractivity (Wildman–Crippen MR) is 84.8 cm³/mol. The van der Waals surface area contributed by atoms with E-state index in [1.54, 1.807) is 0 Å². The van der Waals surface area contributed by atoms with Crippen LogP contribution in [0.15, 0.2) is 30.3 Å². The molecule has 1 aromatic carbocycles. The molecule has 108 valence electrons.